The molecule has 6 heteroatoms. The van der Waals surface area contributed by atoms with Crippen LogP contribution in [0.1, 0.15) is 412 Å². The van der Waals surface area contributed by atoms with E-state index in [-0.39, 0.29) is 18.5 Å². The number of hydrogen-bond donors (Lipinski definition) is 3. The molecule has 2 unspecified atom stereocenters. The van der Waals surface area contributed by atoms with Crippen LogP contribution >= 0.6 is 0 Å². The van der Waals surface area contributed by atoms with E-state index in [9.17, 15) is 19.8 Å². The molecule has 0 bridgehead atoms. The van der Waals surface area contributed by atoms with Gasteiger partial charge in [0.05, 0.1) is 25.4 Å². The summed E-state index contributed by atoms with van der Waals surface area (Å²) in [7, 11) is 0. The predicted molar refractivity (Wildman–Crippen MR) is 370 cm³/mol. The van der Waals surface area contributed by atoms with Crippen LogP contribution in [0.5, 0.6) is 0 Å². The number of ether oxygens (including phenoxy) is 1. The van der Waals surface area contributed by atoms with Gasteiger partial charge in [-0.15, -0.1) is 0 Å². The Morgan fingerprint density at radius 3 is 0.917 bits per heavy atom. The molecule has 494 valence electrons. The van der Waals surface area contributed by atoms with E-state index in [0.29, 0.717) is 19.4 Å². The molecular weight excluding hydrogens is 1030 g/mol. The number of amides is 1. The van der Waals surface area contributed by atoms with Gasteiger partial charge in [0.15, 0.2) is 0 Å². The molecule has 0 radical (unpaired) electrons. The first kappa shape index (κ1) is 81.8. The van der Waals surface area contributed by atoms with Crippen molar-refractivity contribution in [1.29, 1.82) is 0 Å². The maximum atomic E-state index is 12.5. The van der Waals surface area contributed by atoms with E-state index in [1.165, 1.54) is 334 Å². The number of aliphatic hydroxyl groups is 2. The number of unbranched alkanes of at least 4 members (excludes halogenated alkanes) is 54. The summed E-state index contributed by atoms with van der Waals surface area (Å²) in [6.45, 7) is 4.93. The Hall–Kier alpha value is -2.18. The molecule has 1 amide bonds. The van der Waals surface area contributed by atoms with Gasteiger partial charge in [-0.3, -0.25) is 9.59 Å². The number of allylic oxidation sites excluding steroid dienone is 7. The standard InChI is InChI=1S/C78H147NO5/c1-3-5-7-9-11-13-15-17-19-21-35-39-42-46-50-54-58-62-66-70-76(81)75(74-80)79-77(82)71-67-63-59-55-51-47-43-40-36-33-31-29-27-25-23-22-24-26-28-30-32-34-37-41-45-49-53-57-61-65-69-73-84-78(83)72-68-64-60-56-52-48-44-38-20-18-16-14-12-10-8-6-4-2/h18,20,24,26,30,32,66,70,75-76,80-81H,3-17,19,21-23,25,27-29,31,33-65,67-69,71-74H2,1-2H3,(H,79,82)/b20-18-,26-24-,32-30-,70-66+. The molecule has 0 rings (SSSR count). The molecular formula is C78H147NO5. The van der Waals surface area contributed by atoms with Gasteiger partial charge < -0.3 is 20.3 Å². The molecule has 6 nitrogen and oxygen atoms in total. The van der Waals surface area contributed by atoms with Crippen LogP contribution < -0.4 is 5.32 Å². The fourth-order valence-corrected chi connectivity index (χ4v) is 11.8. The van der Waals surface area contributed by atoms with Crippen molar-refractivity contribution in [3.63, 3.8) is 0 Å². The third kappa shape index (κ3) is 68.9. The van der Waals surface area contributed by atoms with E-state index in [0.717, 1.165) is 51.4 Å². The maximum Gasteiger partial charge on any atom is 0.305 e. The summed E-state index contributed by atoms with van der Waals surface area (Å²) in [5.74, 6) is -0.0542. The van der Waals surface area contributed by atoms with Crippen LogP contribution in [-0.2, 0) is 14.3 Å². The zero-order chi connectivity index (χ0) is 60.6. The monoisotopic (exact) mass is 1180 g/mol. The summed E-state index contributed by atoms with van der Waals surface area (Å²) in [5, 5.41) is 23.2. The largest absolute Gasteiger partial charge is 0.466 e. The summed E-state index contributed by atoms with van der Waals surface area (Å²) in [4.78, 5) is 24.6. The zero-order valence-electron chi connectivity index (χ0n) is 56.6. The molecule has 0 saturated carbocycles. The Bertz CT molecular complexity index is 1400. The highest BCUT2D eigenvalue weighted by molar-refractivity contribution is 5.76. The molecule has 84 heavy (non-hydrogen) atoms. The molecule has 0 aliphatic carbocycles. The SMILES string of the molecule is CCCCCCCC/C=C\CCCCCCCCCC(=O)OCCCCCCCCCCC/C=C\C/C=C\CCCCCCCCCCCCCCCCCC(=O)NC(CO)C(O)/C=C/CCCCCCCCCCCCCCCCCCC. The van der Waals surface area contributed by atoms with Gasteiger partial charge in [-0.1, -0.05) is 358 Å². The number of rotatable bonds is 71. The summed E-state index contributed by atoms with van der Waals surface area (Å²) < 4.78 is 5.50. The number of carbonyl (C=O) groups is 2. The number of esters is 1. The van der Waals surface area contributed by atoms with E-state index in [2.05, 4.69) is 55.6 Å². The van der Waals surface area contributed by atoms with Crippen molar-refractivity contribution in [2.24, 2.45) is 0 Å². The number of hydrogen-bond acceptors (Lipinski definition) is 5. The van der Waals surface area contributed by atoms with E-state index < -0.39 is 12.1 Å². The van der Waals surface area contributed by atoms with Crippen LogP contribution in [0.25, 0.3) is 0 Å². The van der Waals surface area contributed by atoms with Gasteiger partial charge in [-0.05, 0) is 89.9 Å². The Morgan fingerprint density at radius 1 is 0.333 bits per heavy atom. The Balaban J connectivity index is 3.41. The Labute approximate surface area is 525 Å². The molecule has 0 fully saturated rings. The molecule has 0 aromatic rings. The van der Waals surface area contributed by atoms with Gasteiger partial charge in [-0.2, -0.15) is 0 Å². The molecule has 3 N–H and O–H groups in total. The van der Waals surface area contributed by atoms with Gasteiger partial charge in [0.25, 0.3) is 0 Å². The predicted octanol–water partition coefficient (Wildman–Crippen LogP) is 24.8. The van der Waals surface area contributed by atoms with E-state index >= 15 is 0 Å². The summed E-state index contributed by atoms with van der Waals surface area (Å²) in [5.41, 5.74) is 0. The fourth-order valence-electron chi connectivity index (χ4n) is 11.8. The minimum absolute atomic E-state index is 0.00994. The lowest BCUT2D eigenvalue weighted by atomic mass is 10.0. The quantitative estimate of drug-likeness (QED) is 0.0320. The number of nitrogens with one attached hydrogen (secondary N) is 1. The van der Waals surface area contributed by atoms with E-state index in [1.54, 1.807) is 6.08 Å². The molecule has 0 spiro atoms. The Morgan fingerprint density at radius 2 is 0.595 bits per heavy atom. The second kappa shape index (κ2) is 73.3. The van der Waals surface area contributed by atoms with Crippen molar-refractivity contribution in [2.75, 3.05) is 13.2 Å². The topological polar surface area (TPSA) is 95.9 Å². The summed E-state index contributed by atoms with van der Waals surface area (Å²) in [6, 6.07) is -0.629. The first-order valence-corrected chi connectivity index (χ1v) is 37.9. The van der Waals surface area contributed by atoms with Crippen molar-refractivity contribution in [1.82, 2.24) is 5.32 Å². The lowest BCUT2D eigenvalue weighted by Crippen LogP contribution is -2.45. The smallest absolute Gasteiger partial charge is 0.305 e. The normalized spacial score (nSPS) is 12.8. The summed E-state index contributed by atoms with van der Waals surface area (Å²) >= 11 is 0. The van der Waals surface area contributed by atoms with Crippen LogP contribution in [0.3, 0.4) is 0 Å². The van der Waals surface area contributed by atoms with Gasteiger partial charge in [0.1, 0.15) is 0 Å². The minimum Gasteiger partial charge on any atom is -0.466 e. The average Bonchev–Trinajstić information content (AvgIpc) is 3.51. The molecule has 2 atom stereocenters. The van der Waals surface area contributed by atoms with Crippen LogP contribution in [0.15, 0.2) is 48.6 Å². The van der Waals surface area contributed by atoms with Crippen LogP contribution in [-0.4, -0.2) is 47.4 Å². The lowest BCUT2D eigenvalue weighted by Gasteiger charge is -2.20. The average molecular weight is 1180 g/mol. The number of carbonyl (C=O) groups excluding carboxylic acids is 2. The van der Waals surface area contributed by atoms with Crippen LogP contribution in [0.4, 0.5) is 0 Å². The first-order valence-electron chi connectivity index (χ1n) is 37.9. The van der Waals surface area contributed by atoms with Gasteiger partial charge >= 0.3 is 5.97 Å². The molecule has 0 aromatic heterocycles. The molecule has 0 heterocycles. The third-order valence-corrected chi connectivity index (χ3v) is 17.6. The van der Waals surface area contributed by atoms with Crippen LogP contribution in [0, 0.1) is 0 Å². The fraction of sp³-hybridized carbons (Fsp3) is 0.872. The van der Waals surface area contributed by atoms with Crippen molar-refractivity contribution >= 4 is 11.9 Å². The van der Waals surface area contributed by atoms with Crippen molar-refractivity contribution < 1.29 is 24.5 Å². The second-order valence-corrected chi connectivity index (χ2v) is 26.0. The molecule has 0 aromatic carbocycles. The zero-order valence-corrected chi connectivity index (χ0v) is 56.6. The van der Waals surface area contributed by atoms with E-state index in [1.807, 2.05) is 6.08 Å². The molecule has 0 saturated heterocycles. The molecule has 0 aliphatic rings. The van der Waals surface area contributed by atoms with Crippen molar-refractivity contribution in [2.45, 2.75) is 424 Å². The third-order valence-electron chi connectivity index (χ3n) is 17.6. The van der Waals surface area contributed by atoms with Crippen molar-refractivity contribution in [3.8, 4) is 0 Å². The second-order valence-electron chi connectivity index (χ2n) is 26.0. The highest BCUT2D eigenvalue weighted by Crippen LogP contribution is 2.19. The van der Waals surface area contributed by atoms with Crippen LogP contribution in [0.2, 0.25) is 0 Å². The van der Waals surface area contributed by atoms with Gasteiger partial charge in [0, 0.05) is 12.8 Å². The lowest BCUT2D eigenvalue weighted by molar-refractivity contribution is -0.143. The highest BCUT2D eigenvalue weighted by Gasteiger charge is 2.18. The Kier molecular flexibility index (Phi) is 71.4. The van der Waals surface area contributed by atoms with Gasteiger partial charge in [-0.25, -0.2) is 0 Å². The maximum absolute atomic E-state index is 12.5. The van der Waals surface area contributed by atoms with Crippen molar-refractivity contribution in [3.05, 3.63) is 48.6 Å². The number of aliphatic hydroxyl groups excluding tert-OH is 2. The van der Waals surface area contributed by atoms with Gasteiger partial charge in [0.2, 0.25) is 5.91 Å². The first-order chi connectivity index (χ1) is 41.5. The van der Waals surface area contributed by atoms with E-state index in [4.69, 9.17) is 4.74 Å². The highest BCUT2D eigenvalue weighted by atomic mass is 16.5. The minimum atomic E-state index is -0.845. The molecule has 0 aliphatic heterocycles. The summed E-state index contributed by atoms with van der Waals surface area (Å²) in [6.07, 6.45) is 96.4.